The third-order valence-electron chi connectivity index (χ3n) is 14.6. The van der Waals surface area contributed by atoms with E-state index in [2.05, 4.69) is 250 Å². The summed E-state index contributed by atoms with van der Waals surface area (Å²) in [6.07, 6.45) is 0. The molecule has 0 saturated heterocycles. The molecule has 0 bridgehead atoms. The van der Waals surface area contributed by atoms with Crippen LogP contribution in [-0.4, -0.2) is 28.7 Å². The lowest BCUT2D eigenvalue weighted by molar-refractivity contribution is 1.07. The molecule has 0 N–H and O–H groups in total. The molecule has 0 aliphatic heterocycles. The quantitative estimate of drug-likeness (QED) is 0.160. The van der Waals surface area contributed by atoms with E-state index in [4.69, 9.17) is 15.0 Å². The fraction of sp³-hybridized carbons (Fsp3) is 0. The maximum atomic E-state index is 5.22. The topological polar surface area (TPSA) is 53.5 Å². The van der Waals surface area contributed by atoms with Crippen molar-refractivity contribution in [3.05, 3.63) is 255 Å². The minimum absolute atomic E-state index is 0.615. The smallest absolute Gasteiger partial charge is 0.164 e. The largest absolute Gasteiger partial charge is 0.309 e. The maximum Gasteiger partial charge on any atom is 0.164 e. The second kappa shape index (κ2) is 16.3. The van der Waals surface area contributed by atoms with Gasteiger partial charge >= 0.3 is 0 Å². The van der Waals surface area contributed by atoms with Crippen LogP contribution in [0.3, 0.4) is 0 Å². The summed E-state index contributed by atoms with van der Waals surface area (Å²) in [6, 6.07) is 91.3. The first-order chi connectivity index (χ1) is 36.2. The molecule has 0 amide bonds. The van der Waals surface area contributed by atoms with Gasteiger partial charge in [0.15, 0.2) is 17.5 Å². The molecule has 15 rings (SSSR count). The van der Waals surface area contributed by atoms with Gasteiger partial charge in [-0.25, -0.2) is 15.0 Å². The van der Waals surface area contributed by atoms with Gasteiger partial charge in [-0.15, -0.1) is 0 Å². The Morgan fingerprint density at radius 2 is 0.534 bits per heavy atom. The van der Waals surface area contributed by atoms with Gasteiger partial charge in [0, 0.05) is 66.1 Å². The fourth-order valence-corrected chi connectivity index (χ4v) is 11.3. The minimum atomic E-state index is 0.615. The SMILES string of the molecule is c1ccc(-c2nc(-c3ccc(-n4c5ccccc5c5ccccc54)cc3)nc(-c3ccc4ccc(-c5cc(-n6c7ccccc7c7ccccc76)cc(-n6c7ccccc7c7ccccc76)c5)cc4c3)n2)cc1. The van der Waals surface area contributed by atoms with Crippen LogP contribution in [0.2, 0.25) is 0 Å². The van der Waals surface area contributed by atoms with Crippen LogP contribution in [0.5, 0.6) is 0 Å². The fourth-order valence-electron chi connectivity index (χ4n) is 11.3. The Labute approximate surface area is 420 Å². The second-order valence-corrected chi connectivity index (χ2v) is 18.8. The van der Waals surface area contributed by atoms with Gasteiger partial charge in [-0.2, -0.15) is 0 Å². The summed E-state index contributed by atoms with van der Waals surface area (Å²) in [5.74, 6) is 1.86. The minimum Gasteiger partial charge on any atom is -0.309 e. The normalized spacial score (nSPS) is 11.8. The summed E-state index contributed by atoms with van der Waals surface area (Å²) in [5, 5.41) is 9.61. The van der Waals surface area contributed by atoms with Crippen LogP contribution in [-0.2, 0) is 0 Å². The van der Waals surface area contributed by atoms with Crippen molar-refractivity contribution in [3.8, 4) is 62.4 Å². The predicted molar refractivity (Wildman–Crippen MR) is 302 cm³/mol. The highest BCUT2D eigenvalue weighted by atomic mass is 15.0. The highest BCUT2D eigenvalue weighted by Gasteiger charge is 2.19. The van der Waals surface area contributed by atoms with Crippen LogP contribution in [0.25, 0.3) is 139 Å². The molecule has 4 heterocycles. The number of fused-ring (bicyclic) bond motifs is 10. The van der Waals surface area contributed by atoms with Crippen LogP contribution in [0.1, 0.15) is 0 Å². The molecule has 0 saturated carbocycles. The maximum absolute atomic E-state index is 5.22. The first-order valence-electron chi connectivity index (χ1n) is 24.8. The van der Waals surface area contributed by atoms with Gasteiger partial charge < -0.3 is 13.7 Å². The van der Waals surface area contributed by atoms with E-state index in [0.29, 0.717) is 17.5 Å². The van der Waals surface area contributed by atoms with Crippen LogP contribution in [0, 0.1) is 0 Å². The molecule has 6 heteroatoms. The first kappa shape index (κ1) is 40.9. The molecule has 6 nitrogen and oxygen atoms in total. The lowest BCUT2D eigenvalue weighted by atomic mass is 9.98. The molecule has 11 aromatic carbocycles. The molecule has 0 atom stereocenters. The van der Waals surface area contributed by atoms with Crippen molar-refractivity contribution in [2.75, 3.05) is 0 Å². The number of benzene rings is 11. The van der Waals surface area contributed by atoms with Crippen LogP contribution >= 0.6 is 0 Å². The zero-order valence-electron chi connectivity index (χ0n) is 39.4. The van der Waals surface area contributed by atoms with Crippen molar-refractivity contribution < 1.29 is 0 Å². The summed E-state index contributed by atoms with van der Waals surface area (Å²) in [7, 11) is 0. The monoisotopic (exact) mass is 930 g/mol. The van der Waals surface area contributed by atoms with Crippen molar-refractivity contribution in [1.82, 2.24) is 28.7 Å². The zero-order valence-corrected chi connectivity index (χ0v) is 39.4. The number of nitrogens with zero attached hydrogens (tertiary/aromatic N) is 6. The standard InChI is InChI=1S/C67H42N6/c1-2-16-44(17-3-1)65-68-66(45-34-36-50(37-35-45)71-59-24-10-4-18-53(59)54-19-5-11-25-60(54)71)70-67(69-65)47-33-31-43-30-32-46(38-48(43)39-47)49-40-51(72-61-26-12-6-20-55(61)56-21-7-13-27-62(56)72)42-52(41-49)73-63-28-14-8-22-57(63)58-23-9-15-29-64(58)73/h1-42H. The Bertz CT molecular complexity index is 4380. The van der Waals surface area contributed by atoms with E-state index in [-0.39, 0.29) is 0 Å². The van der Waals surface area contributed by atoms with E-state index in [1.165, 1.54) is 65.4 Å². The Hall–Kier alpha value is -9.91. The van der Waals surface area contributed by atoms with Crippen molar-refractivity contribution in [2.45, 2.75) is 0 Å². The lowest BCUT2D eigenvalue weighted by Crippen LogP contribution is -2.01. The third-order valence-corrected chi connectivity index (χ3v) is 14.6. The summed E-state index contributed by atoms with van der Waals surface area (Å²) in [6.45, 7) is 0. The first-order valence-corrected chi connectivity index (χ1v) is 24.8. The number of rotatable bonds is 7. The molecule has 0 radical (unpaired) electrons. The third kappa shape index (κ3) is 6.62. The van der Waals surface area contributed by atoms with Gasteiger partial charge in [0.1, 0.15) is 0 Å². The number of hydrogen-bond acceptors (Lipinski definition) is 3. The van der Waals surface area contributed by atoms with E-state index in [0.717, 1.165) is 55.7 Å². The van der Waals surface area contributed by atoms with Crippen LogP contribution in [0.4, 0.5) is 0 Å². The van der Waals surface area contributed by atoms with Gasteiger partial charge in [-0.05, 0) is 113 Å². The van der Waals surface area contributed by atoms with Gasteiger partial charge in [0.25, 0.3) is 0 Å². The summed E-state index contributed by atoms with van der Waals surface area (Å²) >= 11 is 0. The Morgan fingerprint density at radius 3 is 0.973 bits per heavy atom. The summed E-state index contributed by atoms with van der Waals surface area (Å²) in [5.41, 5.74) is 15.3. The molecule has 73 heavy (non-hydrogen) atoms. The number of aromatic nitrogens is 6. The van der Waals surface area contributed by atoms with Crippen molar-refractivity contribution in [2.24, 2.45) is 0 Å². The van der Waals surface area contributed by atoms with Gasteiger partial charge in [0.05, 0.1) is 33.1 Å². The van der Waals surface area contributed by atoms with Crippen LogP contribution in [0.15, 0.2) is 255 Å². The van der Waals surface area contributed by atoms with E-state index < -0.39 is 0 Å². The molecule has 0 spiro atoms. The molecule has 0 fully saturated rings. The molecular weight excluding hydrogens is 889 g/mol. The van der Waals surface area contributed by atoms with Gasteiger partial charge in [0.2, 0.25) is 0 Å². The van der Waals surface area contributed by atoms with Crippen LogP contribution < -0.4 is 0 Å². The molecule has 0 aliphatic rings. The average Bonchev–Trinajstić information content (AvgIpc) is 4.11. The van der Waals surface area contributed by atoms with Gasteiger partial charge in [-0.1, -0.05) is 164 Å². The van der Waals surface area contributed by atoms with Crippen molar-refractivity contribution >= 4 is 76.2 Å². The van der Waals surface area contributed by atoms with Crippen molar-refractivity contribution in [1.29, 1.82) is 0 Å². The Balaban J connectivity index is 0.882. The molecular formula is C67H42N6. The highest BCUT2D eigenvalue weighted by molar-refractivity contribution is 6.11. The van der Waals surface area contributed by atoms with E-state index in [9.17, 15) is 0 Å². The van der Waals surface area contributed by atoms with Gasteiger partial charge in [-0.3, -0.25) is 0 Å². The molecule has 0 unspecified atom stereocenters. The van der Waals surface area contributed by atoms with E-state index >= 15 is 0 Å². The zero-order chi connectivity index (χ0) is 48.0. The average molecular weight is 931 g/mol. The van der Waals surface area contributed by atoms with E-state index in [1.54, 1.807) is 0 Å². The lowest BCUT2D eigenvalue weighted by Gasteiger charge is -2.16. The second-order valence-electron chi connectivity index (χ2n) is 18.8. The molecule has 0 aliphatic carbocycles. The highest BCUT2D eigenvalue weighted by Crippen LogP contribution is 2.39. The number of hydrogen-bond donors (Lipinski definition) is 0. The molecule has 340 valence electrons. The number of para-hydroxylation sites is 6. The summed E-state index contributed by atoms with van der Waals surface area (Å²) < 4.78 is 7.18. The summed E-state index contributed by atoms with van der Waals surface area (Å²) in [4.78, 5) is 15.5. The molecule has 4 aromatic heterocycles. The van der Waals surface area contributed by atoms with E-state index in [1.807, 2.05) is 18.2 Å². The molecule has 15 aromatic rings. The van der Waals surface area contributed by atoms with Crippen molar-refractivity contribution in [3.63, 3.8) is 0 Å². The predicted octanol–water partition coefficient (Wildman–Crippen LogP) is 17.0. The Kier molecular flexibility index (Phi) is 9.16. The Morgan fingerprint density at radius 1 is 0.205 bits per heavy atom.